The normalized spacial score (nSPS) is 10.6. The average molecular weight is 276 g/mol. The Kier molecular flexibility index (Phi) is 7.73. The maximum atomic E-state index is 12.8. The third-order valence-corrected chi connectivity index (χ3v) is 2.57. The van der Waals surface area contributed by atoms with Gasteiger partial charge in [0, 0.05) is 19.8 Å². The van der Waals surface area contributed by atoms with Gasteiger partial charge in [0.1, 0.15) is 18.2 Å². The number of hydrogen-bond donors (Lipinski definition) is 1. The molecule has 0 atom stereocenters. The Morgan fingerprint density at radius 3 is 2.83 bits per heavy atom. The van der Waals surface area contributed by atoms with E-state index >= 15 is 0 Å². The summed E-state index contributed by atoms with van der Waals surface area (Å²) in [7, 11) is 0. The second-order valence-electron chi connectivity index (χ2n) is 3.72. The first-order chi connectivity index (χ1) is 8.74. The molecule has 1 aromatic carbocycles. The van der Waals surface area contributed by atoms with E-state index in [1.807, 2.05) is 6.92 Å². The summed E-state index contributed by atoms with van der Waals surface area (Å²) in [4.78, 5) is 0. The number of hydrogen-bond acceptors (Lipinski definition) is 3. The van der Waals surface area contributed by atoms with E-state index < -0.39 is 0 Å². The Labute approximate surface area is 112 Å². The molecule has 5 heteroatoms. The lowest BCUT2D eigenvalue weighted by Gasteiger charge is -2.09. The van der Waals surface area contributed by atoms with Gasteiger partial charge in [0.05, 0.1) is 5.02 Å². The second-order valence-corrected chi connectivity index (χ2v) is 4.13. The minimum Gasteiger partial charge on any atom is -0.491 e. The van der Waals surface area contributed by atoms with E-state index in [4.69, 9.17) is 21.1 Å². The van der Waals surface area contributed by atoms with Crippen LogP contribution >= 0.6 is 11.6 Å². The summed E-state index contributed by atoms with van der Waals surface area (Å²) in [6.07, 6.45) is 0.977. The van der Waals surface area contributed by atoms with Crippen molar-refractivity contribution in [2.24, 2.45) is 0 Å². The van der Waals surface area contributed by atoms with Crippen molar-refractivity contribution in [3.63, 3.8) is 0 Å². The number of nitrogens with one attached hydrogen (secondary N) is 1. The third-order valence-electron chi connectivity index (χ3n) is 2.28. The van der Waals surface area contributed by atoms with Gasteiger partial charge in [0.25, 0.3) is 0 Å². The topological polar surface area (TPSA) is 30.5 Å². The number of benzene rings is 1. The molecule has 0 heterocycles. The highest BCUT2D eigenvalue weighted by Crippen LogP contribution is 2.24. The smallest absolute Gasteiger partial charge is 0.138 e. The van der Waals surface area contributed by atoms with Crippen LogP contribution < -0.4 is 10.1 Å². The molecule has 0 aliphatic carbocycles. The highest BCUT2D eigenvalue weighted by Gasteiger charge is 2.02. The molecular weight excluding hydrogens is 257 g/mol. The summed E-state index contributed by atoms with van der Waals surface area (Å²) in [5.41, 5.74) is 0. The molecule has 0 unspecified atom stereocenters. The molecule has 0 saturated carbocycles. The molecule has 3 nitrogen and oxygen atoms in total. The van der Waals surface area contributed by atoms with Gasteiger partial charge in [-0.2, -0.15) is 0 Å². The lowest BCUT2D eigenvalue weighted by Crippen LogP contribution is -2.23. The SMILES string of the molecule is CCOCCCNCCOc1ccc(F)cc1Cl. The predicted molar refractivity (Wildman–Crippen MR) is 70.9 cm³/mol. The molecule has 1 N–H and O–H groups in total. The molecule has 0 aromatic heterocycles. The van der Waals surface area contributed by atoms with Gasteiger partial charge in [0.15, 0.2) is 0 Å². The molecule has 0 aliphatic heterocycles. The van der Waals surface area contributed by atoms with Crippen molar-refractivity contribution in [2.75, 3.05) is 32.9 Å². The van der Waals surface area contributed by atoms with Crippen LogP contribution in [0.3, 0.4) is 0 Å². The zero-order valence-corrected chi connectivity index (χ0v) is 11.3. The Hall–Kier alpha value is -0.840. The standard InChI is InChI=1S/C13H19ClFNO2/c1-2-17-8-3-6-16-7-9-18-13-5-4-11(15)10-12(13)14/h4-5,10,16H,2-3,6-9H2,1H3. The molecule has 102 valence electrons. The summed E-state index contributed by atoms with van der Waals surface area (Å²) in [5.74, 6) is 0.149. The Bertz CT molecular complexity index is 350. The van der Waals surface area contributed by atoms with E-state index in [0.29, 0.717) is 17.4 Å². The number of halogens is 2. The van der Waals surface area contributed by atoms with E-state index in [0.717, 1.165) is 32.7 Å². The van der Waals surface area contributed by atoms with Crippen molar-refractivity contribution >= 4 is 11.6 Å². The van der Waals surface area contributed by atoms with Crippen molar-refractivity contribution in [3.8, 4) is 5.75 Å². The summed E-state index contributed by atoms with van der Waals surface area (Å²) < 4.78 is 23.4. The van der Waals surface area contributed by atoms with Crippen LogP contribution in [0, 0.1) is 5.82 Å². The Balaban J connectivity index is 2.07. The molecule has 0 fully saturated rings. The van der Waals surface area contributed by atoms with Gasteiger partial charge in [-0.15, -0.1) is 0 Å². The molecular formula is C13H19ClFNO2. The van der Waals surface area contributed by atoms with E-state index in [2.05, 4.69) is 5.32 Å². The van der Waals surface area contributed by atoms with Crippen LogP contribution in [-0.4, -0.2) is 32.9 Å². The van der Waals surface area contributed by atoms with Crippen molar-refractivity contribution in [1.29, 1.82) is 0 Å². The third kappa shape index (κ3) is 6.19. The molecule has 0 bridgehead atoms. The molecule has 0 saturated heterocycles. The molecule has 1 aromatic rings. The summed E-state index contributed by atoms with van der Waals surface area (Å²) in [5, 5.41) is 3.52. The van der Waals surface area contributed by atoms with Crippen LogP contribution in [0.5, 0.6) is 5.75 Å². The Morgan fingerprint density at radius 1 is 1.28 bits per heavy atom. The van der Waals surface area contributed by atoms with Crippen molar-refractivity contribution in [2.45, 2.75) is 13.3 Å². The van der Waals surface area contributed by atoms with Crippen LogP contribution in [0.25, 0.3) is 0 Å². The lowest BCUT2D eigenvalue weighted by atomic mass is 10.3. The average Bonchev–Trinajstić information content (AvgIpc) is 2.35. The van der Waals surface area contributed by atoms with Gasteiger partial charge < -0.3 is 14.8 Å². The molecule has 0 aliphatic rings. The van der Waals surface area contributed by atoms with Crippen molar-refractivity contribution < 1.29 is 13.9 Å². The zero-order chi connectivity index (χ0) is 13.2. The van der Waals surface area contributed by atoms with E-state index in [1.165, 1.54) is 18.2 Å². The maximum Gasteiger partial charge on any atom is 0.138 e. The Morgan fingerprint density at radius 2 is 2.11 bits per heavy atom. The van der Waals surface area contributed by atoms with E-state index in [-0.39, 0.29) is 5.82 Å². The summed E-state index contributed by atoms with van der Waals surface area (Å²) >= 11 is 5.82. The fourth-order valence-electron chi connectivity index (χ4n) is 1.39. The summed E-state index contributed by atoms with van der Waals surface area (Å²) in [6.45, 7) is 5.62. The van der Waals surface area contributed by atoms with Crippen LogP contribution in [0.4, 0.5) is 4.39 Å². The van der Waals surface area contributed by atoms with E-state index in [9.17, 15) is 4.39 Å². The predicted octanol–water partition coefficient (Wildman–Crippen LogP) is 2.87. The molecule has 0 spiro atoms. The first kappa shape index (κ1) is 15.2. The van der Waals surface area contributed by atoms with Crippen LogP contribution in [0.2, 0.25) is 5.02 Å². The lowest BCUT2D eigenvalue weighted by molar-refractivity contribution is 0.144. The van der Waals surface area contributed by atoms with Gasteiger partial charge in [-0.3, -0.25) is 0 Å². The van der Waals surface area contributed by atoms with Crippen molar-refractivity contribution in [3.05, 3.63) is 29.0 Å². The van der Waals surface area contributed by atoms with Gasteiger partial charge in [-0.05, 0) is 38.1 Å². The van der Waals surface area contributed by atoms with Crippen LogP contribution in [-0.2, 0) is 4.74 Å². The molecule has 0 amide bonds. The van der Waals surface area contributed by atoms with Gasteiger partial charge in [-0.25, -0.2) is 4.39 Å². The minimum absolute atomic E-state index is 0.298. The fraction of sp³-hybridized carbons (Fsp3) is 0.538. The number of rotatable bonds is 9. The maximum absolute atomic E-state index is 12.8. The first-order valence-electron chi connectivity index (χ1n) is 6.10. The van der Waals surface area contributed by atoms with Crippen molar-refractivity contribution in [1.82, 2.24) is 5.32 Å². The fourth-order valence-corrected chi connectivity index (χ4v) is 1.62. The van der Waals surface area contributed by atoms with E-state index in [1.54, 1.807) is 0 Å². The van der Waals surface area contributed by atoms with Crippen LogP contribution in [0.1, 0.15) is 13.3 Å². The number of ether oxygens (including phenoxy) is 2. The zero-order valence-electron chi connectivity index (χ0n) is 10.5. The highest BCUT2D eigenvalue weighted by atomic mass is 35.5. The summed E-state index contributed by atoms with van der Waals surface area (Å²) in [6, 6.07) is 4.11. The van der Waals surface area contributed by atoms with Gasteiger partial charge in [-0.1, -0.05) is 11.6 Å². The highest BCUT2D eigenvalue weighted by molar-refractivity contribution is 6.32. The largest absolute Gasteiger partial charge is 0.491 e. The van der Waals surface area contributed by atoms with Crippen LogP contribution in [0.15, 0.2) is 18.2 Å². The first-order valence-corrected chi connectivity index (χ1v) is 6.48. The quantitative estimate of drug-likeness (QED) is 0.703. The monoisotopic (exact) mass is 275 g/mol. The minimum atomic E-state index is -0.360. The molecule has 1 rings (SSSR count). The van der Waals surface area contributed by atoms with Gasteiger partial charge in [0.2, 0.25) is 0 Å². The second kappa shape index (κ2) is 9.14. The molecule has 0 radical (unpaired) electrons. The van der Waals surface area contributed by atoms with Gasteiger partial charge >= 0.3 is 0 Å². The molecule has 18 heavy (non-hydrogen) atoms.